The van der Waals surface area contributed by atoms with E-state index in [4.69, 9.17) is 4.74 Å². The van der Waals surface area contributed by atoms with Crippen LogP contribution >= 0.6 is 0 Å². The molecular weight excluding hydrogens is 360 g/mol. The van der Waals surface area contributed by atoms with Crippen LogP contribution in [0.4, 0.5) is 10.5 Å². The Kier molecular flexibility index (Phi) is 5.86. The van der Waals surface area contributed by atoms with Crippen molar-refractivity contribution >= 4 is 11.8 Å². The molecule has 0 bridgehead atoms. The zero-order valence-corrected chi connectivity index (χ0v) is 14.9. The van der Waals surface area contributed by atoms with Gasteiger partial charge in [-0.25, -0.2) is 4.79 Å². The lowest BCUT2D eigenvalue weighted by atomic mass is 10.0. The summed E-state index contributed by atoms with van der Waals surface area (Å²) in [7, 11) is 0. The van der Waals surface area contributed by atoms with E-state index in [-0.39, 0.29) is 24.6 Å². The van der Waals surface area contributed by atoms with Gasteiger partial charge in [0, 0.05) is 24.2 Å². The molecule has 7 heteroatoms. The molecule has 7 nitrogen and oxygen atoms in total. The quantitative estimate of drug-likeness (QED) is 0.489. The van der Waals surface area contributed by atoms with Crippen LogP contribution in [0.1, 0.15) is 11.1 Å². The van der Waals surface area contributed by atoms with Crippen LogP contribution in [0.15, 0.2) is 72.8 Å². The van der Waals surface area contributed by atoms with E-state index in [2.05, 4.69) is 5.32 Å². The Hall–Kier alpha value is -3.87. The highest BCUT2D eigenvalue weighted by Crippen LogP contribution is 2.29. The van der Waals surface area contributed by atoms with Gasteiger partial charge in [0.15, 0.2) is 0 Å². The molecule has 0 radical (unpaired) electrons. The van der Waals surface area contributed by atoms with E-state index < -0.39 is 11.0 Å². The van der Waals surface area contributed by atoms with Gasteiger partial charge in [-0.1, -0.05) is 36.4 Å². The zero-order valence-electron chi connectivity index (χ0n) is 14.9. The Labute approximate surface area is 161 Å². The smallest absolute Gasteiger partial charge is 0.407 e. The first-order chi connectivity index (χ1) is 13.5. The number of rotatable bonds is 6. The Morgan fingerprint density at radius 3 is 2.36 bits per heavy atom. The normalized spacial score (nSPS) is 10.3. The van der Waals surface area contributed by atoms with Crippen LogP contribution in [0.25, 0.3) is 11.1 Å². The number of nitrogens with zero attached hydrogens (tertiary/aromatic N) is 1. The number of phenolic OH excluding ortho intramolecular Hbond substituents is 1. The molecule has 0 aromatic heterocycles. The van der Waals surface area contributed by atoms with E-state index in [0.717, 1.165) is 11.1 Å². The summed E-state index contributed by atoms with van der Waals surface area (Å²) in [6.07, 6.45) is -0.604. The van der Waals surface area contributed by atoms with E-state index in [1.165, 1.54) is 24.3 Å². The number of alkyl carbamates (subject to hydrolysis) is 1. The number of amides is 1. The third-order valence-corrected chi connectivity index (χ3v) is 4.10. The minimum atomic E-state index is -0.604. The second kappa shape index (κ2) is 8.68. The number of carbonyl (C=O) groups is 1. The summed E-state index contributed by atoms with van der Waals surface area (Å²) in [5, 5.41) is 23.3. The van der Waals surface area contributed by atoms with Crippen LogP contribution < -0.4 is 5.32 Å². The Morgan fingerprint density at radius 1 is 1.00 bits per heavy atom. The molecule has 0 aliphatic carbocycles. The number of phenols is 1. The summed E-state index contributed by atoms with van der Waals surface area (Å²) in [4.78, 5) is 22.0. The second-order valence-electron chi connectivity index (χ2n) is 6.07. The SMILES string of the molecule is O=C(NCc1ccc(O)c(-c2ccccc2)c1)OCc1ccc([N+](=O)[O-])cc1. The van der Waals surface area contributed by atoms with E-state index >= 15 is 0 Å². The molecule has 1 amide bonds. The number of nitro groups is 1. The minimum absolute atomic E-state index is 0.00860. The van der Waals surface area contributed by atoms with Crippen LogP contribution in [0.3, 0.4) is 0 Å². The van der Waals surface area contributed by atoms with Crippen molar-refractivity contribution in [2.45, 2.75) is 13.2 Å². The summed E-state index contributed by atoms with van der Waals surface area (Å²) in [5.41, 5.74) is 3.00. The number of non-ortho nitro benzene ring substituents is 1. The zero-order chi connectivity index (χ0) is 19.9. The number of carbonyl (C=O) groups excluding carboxylic acids is 1. The van der Waals surface area contributed by atoms with Gasteiger partial charge in [0.2, 0.25) is 0 Å². The Bertz CT molecular complexity index is 972. The average molecular weight is 378 g/mol. The maximum Gasteiger partial charge on any atom is 0.407 e. The van der Waals surface area contributed by atoms with Crippen molar-refractivity contribution in [3.8, 4) is 16.9 Å². The summed E-state index contributed by atoms with van der Waals surface area (Å²) in [6, 6.07) is 20.4. The largest absolute Gasteiger partial charge is 0.507 e. The Balaban J connectivity index is 1.55. The molecule has 0 spiro atoms. The molecule has 3 aromatic carbocycles. The van der Waals surface area contributed by atoms with Gasteiger partial charge in [-0.3, -0.25) is 10.1 Å². The first-order valence-electron chi connectivity index (χ1n) is 8.54. The molecule has 0 saturated carbocycles. The summed E-state index contributed by atoms with van der Waals surface area (Å²) in [5.74, 6) is 0.163. The van der Waals surface area contributed by atoms with E-state index in [1.54, 1.807) is 18.2 Å². The lowest BCUT2D eigenvalue weighted by molar-refractivity contribution is -0.384. The standard InChI is InChI=1S/C21H18N2O5/c24-20-11-8-16(12-19(20)17-4-2-1-3-5-17)13-22-21(25)28-14-15-6-9-18(10-7-15)23(26)27/h1-12,24H,13-14H2,(H,22,25). The van der Waals surface area contributed by atoms with Gasteiger partial charge in [0.25, 0.3) is 5.69 Å². The molecule has 3 rings (SSSR count). The monoisotopic (exact) mass is 378 g/mol. The predicted octanol–water partition coefficient (Wildman–Crippen LogP) is 4.39. The van der Waals surface area contributed by atoms with E-state index in [9.17, 15) is 20.0 Å². The molecule has 28 heavy (non-hydrogen) atoms. The van der Waals surface area contributed by atoms with Gasteiger partial charge < -0.3 is 15.2 Å². The summed E-state index contributed by atoms with van der Waals surface area (Å²) < 4.78 is 5.12. The fraction of sp³-hybridized carbons (Fsp3) is 0.0952. The molecule has 0 heterocycles. The number of hydrogen-bond acceptors (Lipinski definition) is 5. The van der Waals surface area contributed by atoms with Crippen molar-refractivity contribution in [1.29, 1.82) is 0 Å². The molecule has 142 valence electrons. The molecule has 2 N–H and O–H groups in total. The number of benzene rings is 3. The van der Waals surface area contributed by atoms with Crippen LogP contribution in [-0.4, -0.2) is 16.1 Å². The third kappa shape index (κ3) is 4.85. The molecule has 3 aromatic rings. The first kappa shape index (κ1) is 18.9. The van der Waals surface area contributed by atoms with Crippen molar-refractivity contribution in [1.82, 2.24) is 5.32 Å². The van der Waals surface area contributed by atoms with Gasteiger partial charge in [-0.05, 0) is 41.0 Å². The average Bonchev–Trinajstić information content (AvgIpc) is 2.72. The van der Waals surface area contributed by atoms with Crippen LogP contribution in [0.2, 0.25) is 0 Å². The lowest BCUT2D eigenvalue weighted by Gasteiger charge is -2.10. The number of nitrogens with one attached hydrogen (secondary N) is 1. The van der Waals surface area contributed by atoms with Crippen LogP contribution in [-0.2, 0) is 17.9 Å². The minimum Gasteiger partial charge on any atom is -0.507 e. The van der Waals surface area contributed by atoms with Gasteiger partial charge in [-0.15, -0.1) is 0 Å². The fourth-order valence-electron chi connectivity index (χ4n) is 2.63. The maximum absolute atomic E-state index is 11.9. The van der Waals surface area contributed by atoms with Crippen molar-refractivity contribution in [3.05, 3.63) is 94.0 Å². The molecule has 0 saturated heterocycles. The van der Waals surface area contributed by atoms with Gasteiger partial charge in [-0.2, -0.15) is 0 Å². The number of hydrogen-bond donors (Lipinski definition) is 2. The molecule has 0 unspecified atom stereocenters. The molecule has 0 atom stereocenters. The van der Waals surface area contributed by atoms with Gasteiger partial charge in [0.1, 0.15) is 12.4 Å². The molecular formula is C21H18N2O5. The van der Waals surface area contributed by atoms with E-state index in [1.807, 2.05) is 30.3 Å². The van der Waals surface area contributed by atoms with Crippen LogP contribution in [0.5, 0.6) is 5.75 Å². The second-order valence-corrected chi connectivity index (χ2v) is 6.07. The highest BCUT2D eigenvalue weighted by atomic mass is 16.6. The van der Waals surface area contributed by atoms with Crippen molar-refractivity contribution in [2.75, 3.05) is 0 Å². The van der Waals surface area contributed by atoms with E-state index in [0.29, 0.717) is 11.1 Å². The number of nitro benzene ring substituents is 1. The topological polar surface area (TPSA) is 102 Å². The summed E-state index contributed by atoms with van der Waals surface area (Å²) >= 11 is 0. The lowest BCUT2D eigenvalue weighted by Crippen LogP contribution is -2.23. The van der Waals surface area contributed by atoms with Crippen molar-refractivity contribution < 1.29 is 19.6 Å². The molecule has 0 aliphatic rings. The number of ether oxygens (including phenoxy) is 1. The maximum atomic E-state index is 11.9. The predicted molar refractivity (Wildman–Crippen MR) is 104 cm³/mol. The number of aromatic hydroxyl groups is 1. The molecule has 0 aliphatic heterocycles. The van der Waals surface area contributed by atoms with Gasteiger partial charge in [0.05, 0.1) is 4.92 Å². The molecule has 0 fully saturated rings. The third-order valence-electron chi connectivity index (χ3n) is 4.10. The summed E-state index contributed by atoms with van der Waals surface area (Å²) in [6.45, 7) is 0.244. The van der Waals surface area contributed by atoms with Gasteiger partial charge >= 0.3 is 6.09 Å². The fourth-order valence-corrected chi connectivity index (χ4v) is 2.63. The first-order valence-corrected chi connectivity index (χ1v) is 8.54. The van der Waals surface area contributed by atoms with Crippen molar-refractivity contribution in [2.24, 2.45) is 0 Å². The Morgan fingerprint density at radius 2 is 1.68 bits per heavy atom. The highest BCUT2D eigenvalue weighted by molar-refractivity contribution is 5.71. The highest BCUT2D eigenvalue weighted by Gasteiger charge is 2.08. The van der Waals surface area contributed by atoms with Crippen LogP contribution in [0, 0.1) is 10.1 Å². The van der Waals surface area contributed by atoms with Crippen molar-refractivity contribution in [3.63, 3.8) is 0 Å².